The molecule has 20 heavy (non-hydrogen) atoms. The van der Waals surface area contributed by atoms with Gasteiger partial charge in [-0.2, -0.15) is 0 Å². The van der Waals surface area contributed by atoms with Gasteiger partial charge in [-0.25, -0.2) is 0 Å². The number of amides is 2. The molecule has 0 spiro atoms. The zero-order valence-corrected chi connectivity index (χ0v) is 13.1. The zero-order valence-electron chi connectivity index (χ0n) is 13.1. The third-order valence-electron chi connectivity index (χ3n) is 3.75. The lowest BCUT2D eigenvalue weighted by molar-refractivity contribution is -0.138. The summed E-state index contributed by atoms with van der Waals surface area (Å²) in [5.41, 5.74) is -0.490. The van der Waals surface area contributed by atoms with E-state index in [0.717, 1.165) is 32.2 Å². The van der Waals surface area contributed by atoms with Gasteiger partial charge in [-0.3, -0.25) is 9.59 Å². The third kappa shape index (κ3) is 4.47. The van der Waals surface area contributed by atoms with Crippen LogP contribution in [0.5, 0.6) is 0 Å². The van der Waals surface area contributed by atoms with Crippen LogP contribution in [0.4, 0.5) is 0 Å². The van der Waals surface area contributed by atoms with E-state index in [1.807, 2.05) is 25.7 Å². The summed E-state index contributed by atoms with van der Waals surface area (Å²) >= 11 is 0. The van der Waals surface area contributed by atoms with Gasteiger partial charge in [0, 0.05) is 24.6 Å². The highest BCUT2D eigenvalue weighted by atomic mass is 16.3. The molecule has 2 amide bonds. The number of carbonyl (C=O) groups is 2. The summed E-state index contributed by atoms with van der Waals surface area (Å²) in [7, 11) is 0. The molecule has 0 aromatic rings. The highest BCUT2D eigenvalue weighted by molar-refractivity contribution is 5.89. The van der Waals surface area contributed by atoms with Crippen molar-refractivity contribution in [3.8, 4) is 0 Å². The van der Waals surface area contributed by atoms with Crippen molar-refractivity contribution in [2.24, 2.45) is 5.41 Å². The van der Waals surface area contributed by atoms with E-state index < -0.39 is 11.5 Å². The molecule has 1 rings (SSSR count). The lowest BCUT2D eigenvalue weighted by atomic mass is 9.95. The molecule has 0 aromatic heterocycles. The lowest BCUT2D eigenvalue weighted by Crippen LogP contribution is -2.50. The molecule has 0 saturated carbocycles. The second kappa shape index (κ2) is 7.07. The van der Waals surface area contributed by atoms with Crippen LogP contribution in [0.2, 0.25) is 0 Å². The first-order valence-electron chi connectivity index (χ1n) is 7.49. The summed E-state index contributed by atoms with van der Waals surface area (Å²) in [6.07, 6.45) is 3.55. The Morgan fingerprint density at radius 2 is 2.05 bits per heavy atom. The third-order valence-corrected chi connectivity index (χ3v) is 3.75. The van der Waals surface area contributed by atoms with Crippen molar-refractivity contribution in [3.05, 3.63) is 0 Å². The minimum atomic E-state index is -0.490. The predicted molar refractivity (Wildman–Crippen MR) is 78.1 cm³/mol. The Morgan fingerprint density at radius 3 is 2.60 bits per heavy atom. The quantitative estimate of drug-likeness (QED) is 0.799. The van der Waals surface area contributed by atoms with Gasteiger partial charge in [0.1, 0.15) is 6.04 Å². The Morgan fingerprint density at radius 1 is 1.40 bits per heavy atom. The van der Waals surface area contributed by atoms with Crippen LogP contribution in [-0.4, -0.2) is 47.1 Å². The van der Waals surface area contributed by atoms with Gasteiger partial charge in [-0.15, -0.1) is 0 Å². The van der Waals surface area contributed by atoms with Crippen LogP contribution < -0.4 is 5.32 Å². The smallest absolute Gasteiger partial charge is 0.245 e. The minimum absolute atomic E-state index is 0.0111. The molecule has 0 bridgehead atoms. The van der Waals surface area contributed by atoms with Crippen LogP contribution in [0.15, 0.2) is 0 Å². The van der Waals surface area contributed by atoms with Crippen molar-refractivity contribution in [1.82, 2.24) is 10.2 Å². The van der Waals surface area contributed by atoms with Crippen LogP contribution >= 0.6 is 0 Å². The van der Waals surface area contributed by atoms with Gasteiger partial charge in [0.05, 0.1) is 0 Å². The first-order chi connectivity index (χ1) is 9.27. The summed E-state index contributed by atoms with van der Waals surface area (Å²) in [4.78, 5) is 26.2. The van der Waals surface area contributed by atoms with Gasteiger partial charge >= 0.3 is 0 Å². The van der Waals surface area contributed by atoms with Crippen molar-refractivity contribution in [1.29, 1.82) is 0 Å². The van der Waals surface area contributed by atoms with E-state index in [0.29, 0.717) is 0 Å². The molecule has 0 aliphatic carbocycles. The molecule has 1 saturated heterocycles. The van der Waals surface area contributed by atoms with Gasteiger partial charge in [0.2, 0.25) is 11.8 Å². The van der Waals surface area contributed by atoms with Crippen molar-refractivity contribution in [2.75, 3.05) is 13.2 Å². The lowest BCUT2D eigenvalue weighted by Gasteiger charge is -2.29. The van der Waals surface area contributed by atoms with E-state index in [2.05, 4.69) is 5.32 Å². The maximum Gasteiger partial charge on any atom is 0.245 e. The van der Waals surface area contributed by atoms with Crippen molar-refractivity contribution < 1.29 is 14.7 Å². The average Bonchev–Trinajstić information content (AvgIpc) is 2.82. The molecule has 5 nitrogen and oxygen atoms in total. The fourth-order valence-electron chi connectivity index (χ4n) is 2.48. The maximum absolute atomic E-state index is 12.4. The van der Waals surface area contributed by atoms with E-state index in [9.17, 15) is 9.59 Å². The maximum atomic E-state index is 12.4. The van der Waals surface area contributed by atoms with Crippen molar-refractivity contribution in [3.63, 3.8) is 0 Å². The number of hydrogen-bond acceptors (Lipinski definition) is 3. The van der Waals surface area contributed by atoms with Gasteiger partial charge in [0.25, 0.3) is 0 Å². The van der Waals surface area contributed by atoms with Crippen LogP contribution in [-0.2, 0) is 9.59 Å². The first kappa shape index (κ1) is 17.0. The van der Waals surface area contributed by atoms with Gasteiger partial charge < -0.3 is 15.3 Å². The molecule has 0 radical (unpaired) electrons. The molecule has 1 aliphatic rings. The number of likely N-dealkylation sites (tertiary alicyclic amines) is 1. The number of nitrogens with zero attached hydrogens (tertiary/aromatic N) is 1. The van der Waals surface area contributed by atoms with Crippen LogP contribution in [0.1, 0.15) is 53.4 Å². The summed E-state index contributed by atoms with van der Waals surface area (Å²) < 4.78 is 0. The summed E-state index contributed by atoms with van der Waals surface area (Å²) in [6.45, 7) is 8.16. The summed E-state index contributed by atoms with van der Waals surface area (Å²) in [5, 5.41) is 11.7. The molecule has 1 heterocycles. The molecule has 0 aromatic carbocycles. The standard InChI is InChI=1S/C15H28N2O3/c1-11(16-14(20)15(2,3)4)13(19)17-9-5-7-12(17)8-6-10-18/h11-12,18H,5-10H2,1-4H3,(H,16,20). The van der Waals surface area contributed by atoms with Crippen molar-refractivity contribution >= 4 is 11.8 Å². The number of aliphatic hydroxyl groups is 1. The molecule has 2 atom stereocenters. The largest absolute Gasteiger partial charge is 0.396 e. The normalized spacial score (nSPS) is 20.9. The predicted octanol–water partition coefficient (Wildman–Crippen LogP) is 1.30. The number of rotatable bonds is 5. The Hall–Kier alpha value is -1.10. The van der Waals surface area contributed by atoms with E-state index >= 15 is 0 Å². The molecular formula is C15H28N2O3. The van der Waals surface area contributed by atoms with E-state index in [1.165, 1.54) is 0 Å². The Labute approximate surface area is 121 Å². The first-order valence-corrected chi connectivity index (χ1v) is 7.49. The van der Waals surface area contributed by atoms with Gasteiger partial charge in [0.15, 0.2) is 0 Å². The minimum Gasteiger partial charge on any atom is -0.396 e. The van der Waals surface area contributed by atoms with E-state index in [-0.39, 0.29) is 24.5 Å². The second-order valence-corrected chi connectivity index (χ2v) is 6.64. The molecule has 116 valence electrons. The summed E-state index contributed by atoms with van der Waals surface area (Å²) in [5.74, 6) is -0.118. The molecular weight excluding hydrogens is 256 g/mol. The Balaban J connectivity index is 2.57. The molecule has 2 N–H and O–H groups in total. The van der Waals surface area contributed by atoms with Gasteiger partial charge in [-0.1, -0.05) is 20.8 Å². The van der Waals surface area contributed by atoms with Crippen molar-refractivity contribution in [2.45, 2.75) is 65.5 Å². The van der Waals surface area contributed by atoms with E-state index in [4.69, 9.17) is 5.11 Å². The van der Waals surface area contributed by atoms with Crippen LogP contribution in [0, 0.1) is 5.41 Å². The van der Waals surface area contributed by atoms with Crippen LogP contribution in [0.25, 0.3) is 0 Å². The fraction of sp³-hybridized carbons (Fsp3) is 0.867. The summed E-state index contributed by atoms with van der Waals surface area (Å²) in [6, 6.07) is -0.278. The average molecular weight is 284 g/mol. The Kier molecular flexibility index (Phi) is 5.99. The van der Waals surface area contributed by atoms with Crippen LogP contribution in [0.3, 0.4) is 0 Å². The number of carbonyl (C=O) groups excluding carboxylic acids is 2. The second-order valence-electron chi connectivity index (χ2n) is 6.64. The molecule has 1 aliphatic heterocycles. The monoisotopic (exact) mass is 284 g/mol. The zero-order chi connectivity index (χ0) is 15.3. The number of nitrogens with one attached hydrogen (secondary N) is 1. The molecule has 2 unspecified atom stereocenters. The van der Waals surface area contributed by atoms with Gasteiger partial charge in [-0.05, 0) is 32.6 Å². The highest BCUT2D eigenvalue weighted by Gasteiger charge is 2.32. The topological polar surface area (TPSA) is 69.6 Å². The molecule has 5 heteroatoms. The fourth-order valence-corrected chi connectivity index (χ4v) is 2.48. The highest BCUT2D eigenvalue weighted by Crippen LogP contribution is 2.22. The SMILES string of the molecule is CC(NC(=O)C(C)(C)C)C(=O)N1CCCC1CCCO. The number of hydrogen-bond donors (Lipinski definition) is 2. The number of aliphatic hydroxyl groups excluding tert-OH is 1. The molecule has 1 fully saturated rings. The Bertz CT molecular complexity index is 350. The van der Waals surface area contributed by atoms with E-state index in [1.54, 1.807) is 6.92 Å².